The largest absolute Gasteiger partial charge is 0.372 e. The van der Waals surface area contributed by atoms with Crippen molar-refractivity contribution >= 4 is 5.69 Å². The number of hydrogen-bond donors (Lipinski definition) is 1. The van der Waals surface area contributed by atoms with Gasteiger partial charge in [-0.1, -0.05) is 12.1 Å². The summed E-state index contributed by atoms with van der Waals surface area (Å²) in [6, 6.07) is 6.52. The van der Waals surface area contributed by atoms with Gasteiger partial charge in [0.1, 0.15) is 0 Å². The van der Waals surface area contributed by atoms with Gasteiger partial charge in [-0.25, -0.2) is 0 Å². The molecule has 92 valence electrons. The third-order valence-electron chi connectivity index (χ3n) is 2.97. The molecular formula is C12H16N2O3. The topological polar surface area (TPSA) is 78.4 Å². The van der Waals surface area contributed by atoms with Crippen molar-refractivity contribution in [1.29, 1.82) is 0 Å². The highest BCUT2D eigenvalue weighted by atomic mass is 16.6. The van der Waals surface area contributed by atoms with E-state index in [1.54, 1.807) is 12.1 Å². The summed E-state index contributed by atoms with van der Waals surface area (Å²) in [5, 5.41) is 10.6. The lowest BCUT2D eigenvalue weighted by Crippen LogP contribution is -2.25. The van der Waals surface area contributed by atoms with Crippen molar-refractivity contribution in [3.8, 4) is 0 Å². The molecule has 0 bridgehead atoms. The van der Waals surface area contributed by atoms with Crippen LogP contribution < -0.4 is 5.73 Å². The van der Waals surface area contributed by atoms with Crippen LogP contribution in [0.1, 0.15) is 18.4 Å². The van der Waals surface area contributed by atoms with Gasteiger partial charge >= 0.3 is 0 Å². The van der Waals surface area contributed by atoms with Crippen LogP contribution in [0.15, 0.2) is 24.3 Å². The van der Waals surface area contributed by atoms with E-state index < -0.39 is 4.92 Å². The Morgan fingerprint density at radius 1 is 1.53 bits per heavy atom. The summed E-state index contributed by atoms with van der Waals surface area (Å²) in [5.74, 6) is 0.582. The molecule has 5 heteroatoms. The molecule has 0 amide bonds. The molecule has 1 unspecified atom stereocenters. The van der Waals surface area contributed by atoms with Gasteiger partial charge in [0.25, 0.3) is 5.69 Å². The summed E-state index contributed by atoms with van der Waals surface area (Å²) in [4.78, 5) is 10.2. The van der Waals surface area contributed by atoms with Crippen molar-refractivity contribution in [1.82, 2.24) is 0 Å². The van der Waals surface area contributed by atoms with Gasteiger partial charge in [-0.15, -0.1) is 0 Å². The Labute approximate surface area is 99.7 Å². The van der Waals surface area contributed by atoms with E-state index in [2.05, 4.69) is 0 Å². The van der Waals surface area contributed by atoms with E-state index in [-0.39, 0.29) is 11.8 Å². The molecule has 0 aliphatic heterocycles. The lowest BCUT2D eigenvalue weighted by Gasteiger charge is -2.14. The molecular weight excluding hydrogens is 220 g/mol. The molecule has 0 aromatic heterocycles. The maximum Gasteiger partial charge on any atom is 0.269 e. The molecule has 0 heterocycles. The van der Waals surface area contributed by atoms with Crippen LogP contribution in [0.5, 0.6) is 0 Å². The molecule has 1 fully saturated rings. The van der Waals surface area contributed by atoms with Crippen LogP contribution in [0.3, 0.4) is 0 Å². The summed E-state index contributed by atoms with van der Waals surface area (Å²) in [7, 11) is 0. The van der Waals surface area contributed by atoms with E-state index in [0.29, 0.717) is 19.1 Å². The molecule has 1 aromatic carbocycles. The smallest absolute Gasteiger partial charge is 0.269 e. The van der Waals surface area contributed by atoms with Crippen LogP contribution in [-0.2, 0) is 11.3 Å². The molecule has 1 aliphatic rings. The lowest BCUT2D eigenvalue weighted by atomic mass is 10.2. The van der Waals surface area contributed by atoms with E-state index in [1.807, 2.05) is 6.07 Å². The van der Waals surface area contributed by atoms with Crippen LogP contribution in [0.4, 0.5) is 5.69 Å². The zero-order valence-corrected chi connectivity index (χ0v) is 9.54. The number of non-ortho nitro benzene ring substituents is 1. The SMILES string of the molecule is NCC(OCc1cccc([N+](=O)[O-])c1)C1CC1. The summed E-state index contributed by atoms with van der Waals surface area (Å²) in [6.07, 6.45) is 2.45. The van der Waals surface area contributed by atoms with E-state index in [1.165, 1.54) is 18.9 Å². The second-order valence-corrected chi connectivity index (χ2v) is 4.35. The minimum absolute atomic E-state index is 0.0919. The van der Waals surface area contributed by atoms with Crippen LogP contribution in [0.25, 0.3) is 0 Å². The van der Waals surface area contributed by atoms with Crippen LogP contribution in [0.2, 0.25) is 0 Å². The van der Waals surface area contributed by atoms with Gasteiger partial charge in [0.05, 0.1) is 17.6 Å². The third kappa shape index (κ3) is 3.25. The van der Waals surface area contributed by atoms with E-state index >= 15 is 0 Å². The van der Waals surface area contributed by atoms with Crippen molar-refractivity contribution in [2.75, 3.05) is 6.54 Å². The first-order valence-electron chi connectivity index (χ1n) is 5.75. The van der Waals surface area contributed by atoms with E-state index in [4.69, 9.17) is 10.5 Å². The van der Waals surface area contributed by atoms with Crippen LogP contribution in [-0.4, -0.2) is 17.6 Å². The van der Waals surface area contributed by atoms with Crippen molar-refractivity contribution in [2.45, 2.75) is 25.6 Å². The minimum atomic E-state index is -0.398. The maximum atomic E-state index is 10.6. The monoisotopic (exact) mass is 236 g/mol. The van der Waals surface area contributed by atoms with E-state index in [0.717, 1.165) is 5.56 Å². The van der Waals surface area contributed by atoms with Gasteiger partial charge in [0.2, 0.25) is 0 Å². The van der Waals surface area contributed by atoms with Gasteiger partial charge < -0.3 is 10.5 Å². The summed E-state index contributed by atoms with van der Waals surface area (Å²) in [5.41, 5.74) is 6.54. The summed E-state index contributed by atoms with van der Waals surface area (Å²) >= 11 is 0. The zero-order valence-electron chi connectivity index (χ0n) is 9.54. The number of nitrogens with zero attached hydrogens (tertiary/aromatic N) is 1. The average Bonchev–Trinajstić information content (AvgIpc) is 3.15. The van der Waals surface area contributed by atoms with Gasteiger partial charge in [-0.3, -0.25) is 10.1 Å². The standard InChI is InChI=1S/C12H16N2O3/c13-7-12(10-4-5-10)17-8-9-2-1-3-11(6-9)14(15)16/h1-3,6,10,12H,4-5,7-8,13H2. The minimum Gasteiger partial charge on any atom is -0.372 e. The Balaban J connectivity index is 1.93. The molecule has 2 N–H and O–H groups in total. The summed E-state index contributed by atoms with van der Waals surface area (Å²) in [6.45, 7) is 0.902. The Morgan fingerprint density at radius 2 is 2.29 bits per heavy atom. The van der Waals surface area contributed by atoms with Crippen LogP contribution >= 0.6 is 0 Å². The number of nitro groups is 1. The molecule has 0 spiro atoms. The number of rotatable bonds is 6. The fourth-order valence-electron chi connectivity index (χ4n) is 1.83. The lowest BCUT2D eigenvalue weighted by molar-refractivity contribution is -0.385. The number of ether oxygens (including phenoxy) is 1. The highest BCUT2D eigenvalue weighted by Gasteiger charge is 2.30. The van der Waals surface area contributed by atoms with Crippen molar-refractivity contribution in [3.63, 3.8) is 0 Å². The number of hydrogen-bond acceptors (Lipinski definition) is 4. The Kier molecular flexibility index (Phi) is 3.71. The van der Waals surface area contributed by atoms with Crippen molar-refractivity contribution in [2.24, 2.45) is 11.7 Å². The first-order chi connectivity index (χ1) is 8.20. The maximum absolute atomic E-state index is 10.6. The second kappa shape index (κ2) is 5.25. The molecule has 1 aromatic rings. The highest BCUT2D eigenvalue weighted by molar-refractivity contribution is 5.33. The molecule has 1 aliphatic carbocycles. The van der Waals surface area contributed by atoms with Crippen molar-refractivity contribution in [3.05, 3.63) is 39.9 Å². The normalized spacial score (nSPS) is 16.8. The Hall–Kier alpha value is -1.46. The zero-order chi connectivity index (χ0) is 12.3. The van der Waals surface area contributed by atoms with Gasteiger partial charge in [-0.05, 0) is 24.3 Å². The molecule has 0 radical (unpaired) electrons. The van der Waals surface area contributed by atoms with Gasteiger partial charge in [0.15, 0.2) is 0 Å². The fourth-order valence-corrected chi connectivity index (χ4v) is 1.83. The third-order valence-corrected chi connectivity index (χ3v) is 2.97. The predicted molar refractivity (Wildman–Crippen MR) is 63.5 cm³/mol. The molecule has 2 rings (SSSR count). The molecule has 1 saturated carbocycles. The predicted octanol–water partition coefficient (Wildman–Crippen LogP) is 1.85. The Morgan fingerprint density at radius 3 is 2.88 bits per heavy atom. The average molecular weight is 236 g/mol. The second-order valence-electron chi connectivity index (χ2n) is 4.35. The van der Waals surface area contributed by atoms with Gasteiger partial charge in [-0.2, -0.15) is 0 Å². The van der Waals surface area contributed by atoms with Crippen molar-refractivity contribution < 1.29 is 9.66 Å². The first-order valence-corrected chi connectivity index (χ1v) is 5.75. The van der Waals surface area contributed by atoms with Gasteiger partial charge in [0, 0.05) is 18.7 Å². The molecule has 1 atom stereocenters. The molecule has 5 nitrogen and oxygen atoms in total. The van der Waals surface area contributed by atoms with E-state index in [9.17, 15) is 10.1 Å². The quantitative estimate of drug-likeness (QED) is 0.604. The molecule has 17 heavy (non-hydrogen) atoms. The van der Waals surface area contributed by atoms with Crippen LogP contribution in [0, 0.1) is 16.0 Å². The highest BCUT2D eigenvalue weighted by Crippen LogP contribution is 2.34. The number of nitrogens with two attached hydrogens (primary N) is 1. The molecule has 0 saturated heterocycles. The first kappa shape index (κ1) is 12.0. The fraction of sp³-hybridized carbons (Fsp3) is 0.500. The number of nitro benzene ring substituents is 1. The Bertz CT molecular complexity index is 404. The number of benzene rings is 1. The summed E-state index contributed by atoms with van der Waals surface area (Å²) < 4.78 is 5.69.